The van der Waals surface area contributed by atoms with Crippen molar-refractivity contribution in [3.05, 3.63) is 68.8 Å². The van der Waals surface area contributed by atoms with Gasteiger partial charge in [-0.1, -0.05) is 68.4 Å². The Labute approximate surface area is 174 Å². The van der Waals surface area contributed by atoms with Crippen molar-refractivity contribution in [3.63, 3.8) is 0 Å². The minimum atomic E-state index is -0.00496. The Morgan fingerprint density at radius 3 is 2.76 bits per heavy atom. The van der Waals surface area contributed by atoms with Crippen molar-refractivity contribution in [2.45, 2.75) is 46.6 Å². The Kier molecular flexibility index (Phi) is 4.32. The van der Waals surface area contributed by atoms with E-state index in [4.69, 9.17) is 0 Å². The van der Waals surface area contributed by atoms with Crippen LogP contribution in [-0.4, -0.2) is 15.0 Å². The first-order chi connectivity index (χ1) is 13.9. The SMILES string of the molecule is CC(C)(C)C1CCc2c(sc3nnn(Cc4cccc5ccccc45)c(=O)c23)C1. The predicted octanol–water partition coefficient (Wildman–Crippen LogP) is 5.21. The number of hydrogen-bond donors (Lipinski definition) is 0. The highest BCUT2D eigenvalue weighted by Crippen LogP contribution is 2.41. The first-order valence-electron chi connectivity index (χ1n) is 10.3. The molecular weight excluding hydrogens is 378 g/mol. The van der Waals surface area contributed by atoms with Crippen LogP contribution in [0.25, 0.3) is 21.0 Å². The molecule has 0 amide bonds. The van der Waals surface area contributed by atoms with E-state index in [0.29, 0.717) is 12.5 Å². The number of nitrogens with zero attached hydrogens (tertiary/aromatic N) is 3. The molecule has 29 heavy (non-hydrogen) atoms. The lowest BCUT2D eigenvalue weighted by molar-refractivity contribution is 0.218. The van der Waals surface area contributed by atoms with Crippen LogP contribution in [0.5, 0.6) is 0 Å². The third-order valence-electron chi connectivity index (χ3n) is 6.36. The number of thiophene rings is 1. The van der Waals surface area contributed by atoms with E-state index in [2.05, 4.69) is 55.3 Å². The van der Waals surface area contributed by atoms with Gasteiger partial charge in [-0.2, -0.15) is 0 Å². The highest BCUT2D eigenvalue weighted by molar-refractivity contribution is 7.18. The predicted molar refractivity (Wildman–Crippen MR) is 120 cm³/mol. The summed E-state index contributed by atoms with van der Waals surface area (Å²) in [7, 11) is 0. The molecule has 2 heterocycles. The summed E-state index contributed by atoms with van der Waals surface area (Å²) in [5.41, 5.74) is 2.59. The first-order valence-corrected chi connectivity index (χ1v) is 11.1. The van der Waals surface area contributed by atoms with E-state index in [0.717, 1.165) is 40.4 Å². The molecule has 0 N–H and O–H groups in total. The summed E-state index contributed by atoms with van der Waals surface area (Å²) < 4.78 is 1.53. The Morgan fingerprint density at radius 1 is 1.14 bits per heavy atom. The lowest BCUT2D eigenvalue weighted by atomic mass is 9.72. The molecule has 1 atom stereocenters. The smallest absolute Gasteiger partial charge is 0.267 e. The quantitative estimate of drug-likeness (QED) is 0.462. The van der Waals surface area contributed by atoms with Crippen LogP contribution in [0.3, 0.4) is 0 Å². The van der Waals surface area contributed by atoms with Gasteiger partial charge in [-0.25, -0.2) is 4.68 Å². The summed E-state index contributed by atoms with van der Waals surface area (Å²) in [5.74, 6) is 0.647. The fraction of sp³-hybridized carbons (Fsp3) is 0.375. The second kappa shape index (κ2) is 6.77. The summed E-state index contributed by atoms with van der Waals surface area (Å²) in [6.07, 6.45) is 3.14. The molecule has 0 radical (unpaired) electrons. The van der Waals surface area contributed by atoms with Crippen LogP contribution < -0.4 is 5.56 Å². The summed E-state index contributed by atoms with van der Waals surface area (Å²) >= 11 is 1.66. The zero-order chi connectivity index (χ0) is 20.2. The number of fused-ring (bicyclic) bond motifs is 4. The van der Waals surface area contributed by atoms with Crippen LogP contribution in [0.15, 0.2) is 47.3 Å². The number of aromatic nitrogens is 3. The topological polar surface area (TPSA) is 47.8 Å². The summed E-state index contributed by atoms with van der Waals surface area (Å²) in [6.45, 7) is 7.38. The zero-order valence-electron chi connectivity index (χ0n) is 17.1. The second-order valence-corrected chi connectivity index (χ2v) is 10.3. The molecule has 1 aliphatic carbocycles. The van der Waals surface area contributed by atoms with Gasteiger partial charge < -0.3 is 0 Å². The average Bonchev–Trinajstić information content (AvgIpc) is 3.08. The van der Waals surface area contributed by atoms with Gasteiger partial charge in [-0.05, 0) is 52.5 Å². The highest BCUT2D eigenvalue weighted by atomic mass is 32.1. The van der Waals surface area contributed by atoms with E-state index in [1.807, 2.05) is 18.2 Å². The number of benzene rings is 2. The minimum Gasteiger partial charge on any atom is -0.267 e. The average molecular weight is 404 g/mol. The molecule has 0 saturated heterocycles. The molecule has 0 aliphatic heterocycles. The molecule has 148 valence electrons. The first kappa shape index (κ1) is 18.5. The number of hydrogen-bond acceptors (Lipinski definition) is 4. The lowest BCUT2D eigenvalue weighted by Crippen LogP contribution is -2.28. The van der Waals surface area contributed by atoms with Crippen molar-refractivity contribution in [3.8, 4) is 0 Å². The summed E-state index contributed by atoms with van der Waals surface area (Å²) in [6, 6.07) is 14.5. The maximum atomic E-state index is 13.3. The van der Waals surface area contributed by atoms with Crippen LogP contribution in [0.2, 0.25) is 0 Å². The van der Waals surface area contributed by atoms with Gasteiger partial charge in [0, 0.05) is 4.88 Å². The normalized spacial score (nSPS) is 17.0. The maximum absolute atomic E-state index is 13.3. The van der Waals surface area contributed by atoms with Crippen LogP contribution in [0, 0.1) is 11.3 Å². The molecule has 0 spiro atoms. The van der Waals surface area contributed by atoms with E-state index in [-0.39, 0.29) is 11.0 Å². The number of rotatable bonds is 2. The largest absolute Gasteiger partial charge is 0.279 e. The fourth-order valence-corrected chi connectivity index (χ4v) is 5.80. The van der Waals surface area contributed by atoms with Gasteiger partial charge in [0.15, 0.2) is 4.83 Å². The Morgan fingerprint density at radius 2 is 1.93 bits per heavy atom. The molecule has 1 unspecified atom stereocenters. The van der Waals surface area contributed by atoms with Crippen molar-refractivity contribution >= 4 is 32.3 Å². The van der Waals surface area contributed by atoms with E-state index in [9.17, 15) is 4.79 Å². The monoisotopic (exact) mass is 403 g/mol. The van der Waals surface area contributed by atoms with Gasteiger partial charge in [0.25, 0.3) is 5.56 Å². The Hall–Kier alpha value is -2.53. The Bertz CT molecular complexity index is 1270. The van der Waals surface area contributed by atoms with Crippen molar-refractivity contribution < 1.29 is 0 Å². The third kappa shape index (κ3) is 3.18. The van der Waals surface area contributed by atoms with E-state index < -0.39 is 0 Å². The molecule has 2 aromatic heterocycles. The molecule has 2 aromatic carbocycles. The molecule has 4 nitrogen and oxygen atoms in total. The molecule has 0 bridgehead atoms. The van der Waals surface area contributed by atoms with Crippen LogP contribution in [0.4, 0.5) is 0 Å². The van der Waals surface area contributed by atoms with Crippen molar-refractivity contribution in [2.24, 2.45) is 11.3 Å². The molecule has 0 saturated carbocycles. The standard InChI is InChI=1S/C24H25N3OS/c1-24(2,3)17-11-12-19-20(13-17)29-22-21(19)23(28)27(26-25-22)14-16-9-6-8-15-7-4-5-10-18(15)16/h4-10,17H,11-14H2,1-3H3. The van der Waals surface area contributed by atoms with Gasteiger partial charge in [-0.15, -0.1) is 16.4 Å². The lowest BCUT2D eigenvalue weighted by Gasteiger charge is -2.33. The maximum Gasteiger partial charge on any atom is 0.279 e. The van der Waals surface area contributed by atoms with E-state index in [1.54, 1.807) is 11.3 Å². The third-order valence-corrected chi connectivity index (χ3v) is 7.50. The van der Waals surface area contributed by atoms with E-state index in [1.165, 1.54) is 20.5 Å². The van der Waals surface area contributed by atoms with Gasteiger partial charge in [0.2, 0.25) is 0 Å². The Balaban J connectivity index is 1.57. The van der Waals surface area contributed by atoms with Gasteiger partial charge in [-0.3, -0.25) is 4.79 Å². The van der Waals surface area contributed by atoms with E-state index >= 15 is 0 Å². The second-order valence-electron chi connectivity index (χ2n) is 9.18. The molecular formula is C24H25N3OS. The van der Waals surface area contributed by atoms with Gasteiger partial charge in [0.05, 0.1) is 11.9 Å². The molecule has 0 fully saturated rings. The minimum absolute atomic E-state index is 0.00496. The number of aryl methyl sites for hydroxylation is 1. The zero-order valence-corrected chi connectivity index (χ0v) is 17.9. The molecule has 5 rings (SSSR count). The molecule has 4 aromatic rings. The summed E-state index contributed by atoms with van der Waals surface area (Å²) in [4.78, 5) is 15.5. The van der Waals surface area contributed by atoms with Crippen LogP contribution in [-0.2, 0) is 19.4 Å². The van der Waals surface area contributed by atoms with Crippen LogP contribution >= 0.6 is 11.3 Å². The van der Waals surface area contributed by atoms with Crippen molar-refractivity contribution in [1.29, 1.82) is 0 Å². The highest BCUT2D eigenvalue weighted by Gasteiger charge is 2.31. The molecule has 1 aliphatic rings. The van der Waals surface area contributed by atoms with Crippen LogP contribution in [0.1, 0.15) is 43.2 Å². The summed E-state index contributed by atoms with van der Waals surface area (Å²) in [5, 5.41) is 11.9. The molecule has 5 heteroatoms. The van der Waals surface area contributed by atoms with Gasteiger partial charge >= 0.3 is 0 Å². The van der Waals surface area contributed by atoms with Crippen molar-refractivity contribution in [2.75, 3.05) is 0 Å². The van der Waals surface area contributed by atoms with Gasteiger partial charge in [0.1, 0.15) is 0 Å². The fourth-order valence-electron chi connectivity index (χ4n) is 4.56. The van der Waals surface area contributed by atoms with Crippen molar-refractivity contribution in [1.82, 2.24) is 15.0 Å².